The van der Waals surface area contributed by atoms with E-state index in [1.165, 1.54) is 103 Å². The Morgan fingerprint density at radius 2 is 0.925 bits per heavy atom. The van der Waals surface area contributed by atoms with Gasteiger partial charge in [0, 0.05) is 26.7 Å². The average molecular weight is 1550 g/mol. The summed E-state index contributed by atoms with van der Waals surface area (Å²) < 4.78 is 60.1. The molecule has 5 aliphatic rings. The van der Waals surface area contributed by atoms with Gasteiger partial charge in [-0.1, -0.05) is 180 Å². The van der Waals surface area contributed by atoms with Crippen LogP contribution in [0.5, 0.6) is 0 Å². The molecule has 5 rings (SSSR count). The summed E-state index contributed by atoms with van der Waals surface area (Å²) in [6, 6.07) is -4.81. The van der Waals surface area contributed by atoms with Gasteiger partial charge in [0.2, 0.25) is 17.7 Å². The molecule has 0 aromatic heterocycles. The zero-order valence-corrected chi connectivity index (χ0v) is 62.8. The molecule has 0 aliphatic carbocycles. The molecule has 107 heavy (non-hydrogen) atoms. The molecule has 5 fully saturated rings. The Hall–Kier alpha value is -3.42. The van der Waals surface area contributed by atoms with E-state index in [0.29, 0.717) is 12.8 Å². The first-order valence-corrected chi connectivity index (χ1v) is 39.1. The zero-order chi connectivity index (χ0) is 78.8. The molecule has 5 aliphatic heterocycles. The molecular formula is C73H131N3O31. The molecule has 34 heteroatoms. The van der Waals surface area contributed by atoms with Gasteiger partial charge >= 0.3 is 5.97 Å². The summed E-state index contributed by atoms with van der Waals surface area (Å²) in [6.45, 7) is 0.317. The number of carboxylic acid groups (broad SMARTS) is 1. The highest BCUT2D eigenvalue weighted by Crippen LogP contribution is 2.41. The first kappa shape index (κ1) is 94.2. The van der Waals surface area contributed by atoms with Gasteiger partial charge < -0.3 is 150 Å². The van der Waals surface area contributed by atoms with Crippen LogP contribution in [0.3, 0.4) is 0 Å². The molecule has 0 radical (unpaired) electrons. The maximum absolute atomic E-state index is 13.8. The lowest BCUT2D eigenvalue weighted by molar-refractivity contribution is -0.403. The van der Waals surface area contributed by atoms with E-state index in [-0.39, 0.29) is 12.3 Å². The topological polar surface area (TPSA) is 541 Å². The summed E-state index contributed by atoms with van der Waals surface area (Å²) in [4.78, 5) is 53.0. The lowest BCUT2D eigenvalue weighted by Gasteiger charge is -2.52. The SMILES string of the molecule is CCCCCCCCCCCCC/C=C\[C@H](O)[C@@H](CO[C@@H]1O[C@H](CO)[C@@H](O[C@@H]2O[C@H](CO)[C@H](O[C@@H]3O[C@H](CO)[C@H](O)[C@H](O[C@@H]4O[C@H](CO)[C@H](O)[C@H](O)[C@H]4O)[C@H]3NC(C)=O)[C@H](O[C@]3(C(=O)O)C[C@H](O)[C@@H](NC(C)=O)[C@H]([C@H](O)[C@H](O)CO)O3)[C@H]2O)[C@H](O)[C@H]1O)NC(=O)CCCCCCCCCCCCCCCCC. The third kappa shape index (κ3) is 29.2. The lowest BCUT2D eigenvalue weighted by Crippen LogP contribution is -2.72. The number of aliphatic carboxylic acids is 1. The Morgan fingerprint density at radius 3 is 1.44 bits per heavy atom. The van der Waals surface area contributed by atoms with Crippen LogP contribution in [-0.2, 0) is 66.5 Å². The molecule has 0 saturated carbocycles. The Kier molecular flexibility index (Phi) is 44.0. The predicted molar refractivity (Wildman–Crippen MR) is 378 cm³/mol. The number of ether oxygens (including phenoxy) is 10. The van der Waals surface area contributed by atoms with E-state index in [9.17, 15) is 106 Å². The van der Waals surface area contributed by atoms with Crippen molar-refractivity contribution in [2.24, 2.45) is 0 Å². The number of aliphatic hydroxyl groups is 16. The van der Waals surface area contributed by atoms with Crippen LogP contribution in [0, 0.1) is 0 Å². The number of nitrogens with one attached hydrogen (secondary N) is 3. The highest BCUT2D eigenvalue weighted by molar-refractivity contribution is 5.77. The van der Waals surface area contributed by atoms with E-state index in [4.69, 9.17) is 47.4 Å². The second kappa shape index (κ2) is 49.9. The summed E-state index contributed by atoms with van der Waals surface area (Å²) in [5, 5.41) is 197. The van der Waals surface area contributed by atoms with E-state index in [1.807, 2.05) is 6.08 Å². The normalized spacial score (nSPS) is 34.6. The summed E-state index contributed by atoms with van der Waals surface area (Å²) in [7, 11) is 0. The van der Waals surface area contributed by atoms with E-state index >= 15 is 0 Å². The number of carboxylic acids is 1. The minimum Gasteiger partial charge on any atom is -0.477 e. The zero-order valence-electron chi connectivity index (χ0n) is 62.8. The van der Waals surface area contributed by atoms with Crippen LogP contribution in [0.2, 0.25) is 0 Å². The summed E-state index contributed by atoms with van der Waals surface area (Å²) in [5.41, 5.74) is 0. The second-order valence-corrected chi connectivity index (χ2v) is 29.3. The van der Waals surface area contributed by atoms with Crippen molar-refractivity contribution in [3.8, 4) is 0 Å². The van der Waals surface area contributed by atoms with Crippen molar-refractivity contribution in [2.75, 3.05) is 39.6 Å². The molecule has 0 bridgehead atoms. The monoisotopic (exact) mass is 1550 g/mol. The number of hydrogen-bond donors (Lipinski definition) is 20. The molecule has 624 valence electrons. The van der Waals surface area contributed by atoms with Crippen LogP contribution < -0.4 is 16.0 Å². The molecule has 0 unspecified atom stereocenters. The first-order valence-electron chi connectivity index (χ1n) is 39.1. The van der Waals surface area contributed by atoms with E-state index in [0.717, 1.165) is 71.6 Å². The van der Waals surface area contributed by atoms with Crippen LogP contribution in [-0.4, -0.2) is 321 Å². The average Bonchev–Trinajstić information content (AvgIpc) is 0.750. The lowest BCUT2D eigenvalue weighted by atomic mass is 9.88. The summed E-state index contributed by atoms with van der Waals surface area (Å²) in [5.74, 6) is -7.71. The Balaban J connectivity index is 1.40. The van der Waals surface area contributed by atoms with E-state index in [1.54, 1.807) is 6.08 Å². The van der Waals surface area contributed by atoms with Crippen molar-refractivity contribution in [1.29, 1.82) is 0 Å². The molecule has 3 amide bonds. The minimum absolute atomic E-state index is 0.135. The van der Waals surface area contributed by atoms with Gasteiger partial charge in [-0.15, -0.1) is 0 Å². The van der Waals surface area contributed by atoms with Gasteiger partial charge in [0.15, 0.2) is 25.2 Å². The fourth-order valence-electron chi connectivity index (χ4n) is 14.3. The van der Waals surface area contributed by atoms with E-state index in [2.05, 4.69) is 29.8 Å². The smallest absolute Gasteiger partial charge is 0.364 e. The third-order valence-electron chi connectivity index (χ3n) is 20.6. The molecule has 0 spiro atoms. The molecule has 0 aromatic carbocycles. The van der Waals surface area contributed by atoms with Crippen molar-refractivity contribution in [1.82, 2.24) is 16.0 Å². The van der Waals surface area contributed by atoms with Gasteiger partial charge in [-0.25, -0.2) is 4.79 Å². The number of aliphatic hydroxyl groups excluding tert-OH is 16. The van der Waals surface area contributed by atoms with Crippen molar-refractivity contribution >= 4 is 23.7 Å². The number of allylic oxidation sites excluding steroid dienone is 1. The van der Waals surface area contributed by atoms with Crippen molar-refractivity contribution in [3.63, 3.8) is 0 Å². The largest absolute Gasteiger partial charge is 0.477 e. The molecule has 5 heterocycles. The van der Waals surface area contributed by atoms with Crippen molar-refractivity contribution in [2.45, 2.75) is 385 Å². The Morgan fingerprint density at radius 1 is 0.486 bits per heavy atom. The molecule has 5 saturated heterocycles. The quantitative estimate of drug-likeness (QED) is 0.0255. The number of carbonyl (C=O) groups excluding carboxylic acids is 3. The highest BCUT2D eigenvalue weighted by Gasteiger charge is 2.62. The van der Waals surface area contributed by atoms with Crippen molar-refractivity contribution in [3.05, 3.63) is 12.2 Å². The summed E-state index contributed by atoms with van der Waals surface area (Å²) in [6.07, 6.45) is -16.8. The van der Waals surface area contributed by atoms with Gasteiger partial charge in [-0.05, 0) is 19.3 Å². The van der Waals surface area contributed by atoms with Crippen molar-refractivity contribution < 1.29 is 153 Å². The molecular weight excluding hydrogens is 1410 g/mol. The number of amides is 3. The minimum atomic E-state index is -3.38. The highest BCUT2D eigenvalue weighted by atomic mass is 16.8. The molecule has 28 atom stereocenters. The Bertz CT molecular complexity index is 2500. The van der Waals surface area contributed by atoms with E-state index < -0.39 is 235 Å². The van der Waals surface area contributed by atoms with Crippen LogP contribution in [0.1, 0.15) is 214 Å². The van der Waals surface area contributed by atoms with Crippen LogP contribution in [0.4, 0.5) is 0 Å². The number of hydrogen-bond acceptors (Lipinski definition) is 30. The maximum Gasteiger partial charge on any atom is 0.364 e. The van der Waals surface area contributed by atoms with Gasteiger partial charge in [0.25, 0.3) is 5.79 Å². The summed E-state index contributed by atoms with van der Waals surface area (Å²) >= 11 is 0. The van der Waals surface area contributed by atoms with Gasteiger partial charge in [0.05, 0.1) is 63.9 Å². The van der Waals surface area contributed by atoms with Gasteiger partial charge in [-0.3, -0.25) is 14.4 Å². The van der Waals surface area contributed by atoms with Gasteiger partial charge in [-0.2, -0.15) is 0 Å². The third-order valence-corrected chi connectivity index (χ3v) is 20.6. The van der Waals surface area contributed by atoms with Crippen LogP contribution in [0.15, 0.2) is 12.2 Å². The van der Waals surface area contributed by atoms with Crippen LogP contribution >= 0.6 is 0 Å². The fraction of sp³-hybridized carbons (Fsp3) is 0.918. The number of carbonyl (C=O) groups is 4. The first-order chi connectivity index (χ1) is 51.3. The Labute approximate surface area is 627 Å². The number of unbranched alkanes of at least 4 members (excludes halogenated alkanes) is 25. The molecule has 34 nitrogen and oxygen atoms in total. The fourth-order valence-corrected chi connectivity index (χ4v) is 14.3. The molecule has 0 aromatic rings. The van der Waals surface area contributed by atoms with Crippen LogP contribution in [0.25, 0.3) is 0 Å². The standard InChI is InChI=1S/C73H131N3O31/c1-5-7-9-11-13-15-17-19-20-22-24-26-28-30-32-34-52(87)76-44(45(84)33-31-29-27-25-23-21-18-16-14-12-10-8-6-2)41-98-69-61(94)59(92)63(50(39-80)101-69)103-71-62(95)67(107-73(72(96)97)35-46(85)53(74-42(3)82)66(106-73)55(88)47(86)36-77)64(51(40-81)102-71)104-68-54(75-43(4)83)65(57(90)49(38-79)99-68)105-70-60(93)58(91)56(89)48(37-78)100-70/h31,33,44-51,53-71,77-81,84-86,88-95H,5-30,32,34-41H2,1-4H3,(H,74,82)(H,75,83)(H,76,87)(H,96,97)/b33-31-/t44-,45+,46+,47-,48-,49-,50-,51-,53-,54-,55-,56+,57+,58+,59-,60-,61-,62-,63-,64+,65-,66-,67-,68+,69-,70+,71+,73+/m1/s1. The number of rotatable bonds is 52. The van der Waals surface area contributed by atoms with Gasteiger partial charge in [0.1, 0.15) is 116 Å². The second-order valence-electron chi connectivity index (χ2n) is 29.3. The molecule has 20 N–H and O–H groups in total. The predicted octanol–water partition coefficient (Wildman–Crippen LogP) is -1.04. The maximum atomic E-state index is 13.8.